The summed E-state index contributed by atoms with van der Waals surface area (Å²) in [5.74, 6) is 0.199. The number of anilines is 1. The predicted octanol–water partition coefficient (Wildman–Crippen LogP) is 2.20. The first kappa shape index (κ1) is 12.4. The van der Waals surface area contributed by atoms with Crippen LogP contribution in [0.5, 0.6) is 0 Å². The van der Waals surface area contributed by atoms with Crippen LogP contribution in [0, 0.1) is 13.8 Å². The Morgan fingerprint density at radius 2 is 2.00 bits per heavy atom. The maximum atomic E-state index is 11.3. The van der Waals surface area contributed by atoms with Crippen molar-refractivity contribution in [2.45, 2.75) is 33.7 Å². The summed E-state index contributed by atoms with van der Waals surface area (Å²) in [6.07, 6.45) is 0. The van der Waals surface area contributed by atoms with E-state index >= 15 is 0 Å². The van der Waals surface area contributed by atoms with Crippen molar-refractivity contribution >= 4 is 11.8 Å². The molecule has 1 atom stereocenters. The molecule has 0 aliphatic carbocycles. The van der Waals surface area contributed by atoms with Gasteiger partial charge < -0.3 is 9.94 Å². The molecule has 1 aliphatic rings. The fourth-order valence-electron chi connectivity index (χ4n) is 2.04. The standard InChI is InChI=1S/C13H16N2O3/c1-7-5-8(2)14-11(6-7)15-12(13(16)17)9(3)10(4)18-15/h5-6,12H,1-4H3,(H,16,17). The summed E-state index contributed by atoms with van der Waals surface area (Å²) < 4.78 is 0. The fraction of sp³-hybridized carbons (Fsp3) is 0.385. The molecule has 5 nitrogen and oxygen atoms in total. The number of nitrogens with zero attached hydrogens (tertiary/aromatic N) is 2. The van der Waals surface area contributed by atoms with Crippen molar-refractivity contribution in [3.8, 4) is 0 Å². The summed E-state index contributed by atoms with van der Waals surface area (Å²) in [5, 5.41) is 10.6. The topological polar surface area (TPSA) is 62.7 Å². The van der Waals surface area contributed by atoms with Gasteiger partial charge in [0.1, 0.15) is 5.76 Å². The summed E-state index contributed by atoms with van der Waals surface area (Å²) in [7, 11) is 0. The van der Waals surface area contributed by atoms with Gasteiger partial charge in [0.15, 0.2) is 11.9 Å². The van der Waals surface area contributed by atoms with Crippen LogP contribution in [0.25, 0.3) is 0 Å². The summed E-state index contributed by atoms with van der Waals surface area (Å²) in [4.78, 5) is 21.2. The number of aliphatic carboxylic acids is 1. The molecule has 0 radical (unpaired) electrons. The van der Waals surface area contributed by atoms with E-state index in [1.54, 1.807) is 13.8 Å². The third kappa shape index (κ3) is 2.03. The fourth-order valence-corrected chi connectivity index (χ4v) is 2.04. The van der Waals surface area contributed by atoms with Crippen LogP contribution in [0.3, 0.4) is 0 Å². The SMILES string of the molecule is CC1=C(C)C(C(=O)O)N(c2cc(C)cc(C)n2)O1. The Bertz CT molecular complexity index is 517. The molecule has 0 saturated carbocycles. The Labute approximate surface area is 106 Å². The van der Waals surface area contributed by atoms with Crippen LogP contribution < -0.4 is 5.06 Å². The number of aromatic nitrogens is 1. The van der Waals surface area contributed by atoms with Gasteiger partial charge in [-0.3, -0.25) is 0 Å². The van der Waals surface area contributed by atoms with E-state index in [1.165, 1.54) is 5.06 Å². The molecular formula is C13H16N2O3. The Morgan fingerprint density at radius 1 is 1.33 bits per heavy atom. The van der Waals surface area contributed by atoms with Gasteiger partial charge in [0.25, 0.3) is 0 Å². The zero-order valence-corrected chi connectivity index (χ0v) is 10.9. The average molecular weight is 248 g/mol. The number of carbonyl (C=O) groups is 1. The maximum Gasteiger partial charge on any atom is 0.334 e. The lowest BCUT2D eigenvalue weighted by molar-refractivity contribution is -0.138. The second kappa shape index (κ2) is 4.33. The van der Waals surface area contributed by atoms with Crippen LogP contribution in [0.2, 0.25) is 0 Å². The van der Waals surface area contributed by atoms with Gasteiger partial charge in [-0.1, -0.05) is 0 Å². The van der Waals surface area contributed by atoms with Crippen LogP contribution in [-0.4, -0.2) is 22.1 Å². The third-order valence-corrected chi connectivity index (χ3v) is 2.98. The number of carboxylic acid groups (broad SMARTS) is 1. The average Bonchev–Trinajstić information content (AvgIpc) is 2.54. The smallest absolute Gasteiger partial charge is 0.334 e. The molecule has 1 aromatic heterocycles. The van der Waals surface area contributed by atoms with Crippen molar-refractivity contribution in [2.24, 2.45) is 0 Å². The Kier molecular flexibility index (Phi) is 2.98. The molecule has 2 rings (SSSR count). The monoisotopic (exact) mass is 248 g/mol. The van der Waals surface area contributed by atoms with Crippen LogP contribution in [0.1, 0.15) is 25.1 Å². The van der Waals surface area contributed by atoms with Crippen molar-refractivity contribution < 1.29 is 14.7 Å². The van der Waals surface area contributed by atoms with Crippen LogP contribution in [-0.2, 0) is 9.63 Å². The number of carboxylic acids is 1. The van der Waals surface area contributed by atoms with Crippen molar-refractivity contribution in [3.05, 3.63) is 34.7 Å². The van der Waals surface area contributed by atoms with E-state index in [4.69, 9.17) is 4.84 Å². The van der Waals surface area contributed by atoms with Crippen LogP contribution in [0.4, 0.5) is 5.82 Å². The molecule has 1 unspecified atom stereocenters. The van der Waals surface area contributed by atoms with E-state index in [0.717, 1.165) is 11.3 Å². The molecule has 96 valence electrons. The van der Waals surface area contributed by atoms with Crippen molar-refractivity contribution in [3.63, 3.8) is 0 Å². The molecule has 1 aliphatic heterocycles. The Balaban J connectivity index is 2.42. The third-order valence-electron chi connectivity index (χ3n) is 2.98. The van der Waals surface area contributed by atoms with Gasteiger partial charge in [-0.25, -0.2) is 9.78 Å². The molecule has 0 aromatic carbocycles. The molecule has 1 aromatic rings. The van der Waals surface area contributed by atoms with Gasteiger partial charge in [-0.05, 0) is 45.4 Å². The normalized spacial score (nSPS) is 19.1. The van der Waals surface area contributed by atoms with E-state index in [1.807, 2.05) is 26.0 Å². The summed E-state index contributed by atoms with van der Waals surface area (Å²) >= 11 is 0. The molecule has 5 heteroatoms. The minimum atomic E-state index is -0.940. The first-order chi connectivity index (χ1) is 8.40. The lowest BCUT2D eigenvalue weighted by atomic mass is 10.1. The van der Waals surface area contributed by atoms with Gasteiger partial charge in [-0.2, -0.15) is 5.06 Å². The lowest BCUT2D eigenvalue weighted by Gasteiger charge is -2.22. The second-order valence-electron chi connectivity index (χ2n) is 4.54. The molecule has 0 saturated heterocycles. The van der Waals surface area contributed by atoms with Crippen molar-refractivity contribution in [1.29, 1.82) is 0 Å². The molecule has 1 N–H and O–H groups in total. The molecule has 2 heterocycles. The van der Waals surface area contributed by atoms with Crippen molar-refractivity contribution in [2.75, 3.05) is 5.06 Å². The number of hydrogen-bond donors (Lipinski definition) is 1. The number of rotatable bonds is 2. The van der Waals surface area contributed by atoms with E-state index in [9.17, 15) is 9.90 Å². The lowest BCUT2D eigenvalue weighted by Crippen LogP contribution is -2.37. The summed E-state index contributed by atoms with van der Waals surface area (Å²) in [6.45, 7) is 7.33. The summed E-state index contributed by atoms with van der Waals surface area (Å²) in [6, 6.07) is 2.94. The number of allylic oxidation sites excluding steroid dienone is 1. The highest BCUT2D eigenvalue weighted by Gasteiger charge is 2.37. The van der Waals surface area contributed by atoms with E-state index < -0.39 is 12.0 Å². The van der Waals surface area contributed by atoms with Gasteiger partial charge in [0.05, 0.1) is 0 Å². The van der Waals surface area contributed by atoms with E-state index in [-0.39, 0.29) is 0 Å². The zero-order valence-electron chi connectivity index (χ0n) is 10.9. The predicted molar refractivity (Wildman–Crippen MR) is 67.1 cm³/mol. The summed E-state index contributed by atoms with van der Waals surface area (Å²) in [5.41, 5.74) is 2.55. The number of aryl methyl sites for hydroxylation is 2. The maximum absolute atomic E-state index is 11.3. The molecular weight excluding hydrogens is 232 g/mol. The number of hydroxylamine groups is 1. The van der Waals surface area contributed by atoms with Gasteiger partial charge in [-0.15, -0.1) is 0 Å². The first-order valence-corrected chi connectivity index (χ1v) is 5.73. The molecule has 0 amide bonds. The number of pyridine rings is 1. The molecule has 18 heavy (non-hydrogen) atoms. The quantitative estimate of drug-likeness (QED) is 0.869. The first-order valence-electron chi connectivity index (χ1n) is 5.73. The highest BCUT2D eigenvalue weighted by molar-refractivity contribution is 5.82. The van der Waals surface area contributed by atoms with E-state index in [2.05, 4.69) is 4.98 Å². The van der Waals surface area contributed by atoms with Gasteiger partial charge in [0, 0.05) is 11.3 Å². The number of hydrogen-bond acceptors (Lipinski definition) is 4. The van der Waals surface area contributed by atoms with Gasteiger partial charge in [0.2, 0.25) is 0 Å². The van der Waals surface area contributed by atoms with Crippen LogP contribution in [0.15, 0.2) is 23.5 Å². The molecule has 0 spiro atoms. The minimum absolute atomic E-state index is 0.524. The molecule has 0 bridgehead atoms. The van der Waals surface area contributed by atoms with E-state index in [0.29, 0.717) is 17.2 Å². The van der Waals surface area contributed by atoms with Crippen molar-refractivity contribution in [1.82, 2.24) is 4.98 Å². The largest absolute Gasteiger partial charge is 0.479 e. The molecule has 0 fully saturated rings. The Hall–Kier alpha value is -2.04. The highest BCUT2D eigenvalue weighted by atomic mass is 16.7. The second-order valence-corrected chi connectivity index (χ2v) is 4.54. The zero-order chi connectivity index (χ0) is 13.4. The minimum Gasteiger partial charge on any atom is -0.479 e. The Morgan fingerprint density at radius 3 is 2.56 bits per heavy atom. The van der Waals surface area contributed by atoms with Gasteiger partial charge >= 0.3 is 5.97 Å². The highest BCUT2D eigenvalue weighted by Crippen LogP contribution is 2.30. The van der Waals surface area contributed by atoms with Crippen LogP contribution >= 0.6 is 0 Å².